The molecule has 0 aliphatic heterocycles. The molecule has 0 N–H and O–H groups in total. The summed E-state index contributed by atoms with van der Waals surface area (Å²) in [5.74, 6) is 0. The molecule has 0 atom stereocenters. The van der Waals surface area contributed by atoms with Gasteiger partial charge in [0, 0.05) is 8.80 Å². The fourth-order valence-electron chi connectivity index (χ4n) is 1.75. The molecular formula is C13H19Si. The second kappa shape index (κ2) is 5.16. The van der Waals surface area contributed by atoms with Crippen molar-refractivity contribution in [2.24, 2.45) is 0 Å². The van der Waals surface area contributed by atoms with Gasteiger partial charge in [0.2, 0.25) is 0 Å². The summed E-state index contributed by atoms with van der Waals surface area (Å²) in [7, 11) is -0.199. The first kappa shape index (κ1) is 11.3. The van der Waals surface area contributed by atoms with Gasteiger partial charge in [0.1, 0.15) is 0 Å². The van der Waals surface area contributed by atoms with E-state index in [1.165, 1.54) is 22.7 Å². The molecule has 1 aromatic carbocycles. The van der Waals surface area contributed by atoms with Crippen molar-refractivity contribution >= 4 is 14.9 Å². The molecule has 0 spiro atoms. The molecule has 0 saturated carbocycles. The average molecular weight is 203 g/mol. The van der Waals surface area contributed by atoms with Crippen LogP contribution in [0.5, 0.6) is 0 Å². The van der Waals surface area contributed by atoms with Gasteiger partial charge in [0.25, 0.3) is 0 Å². The summed E-state index contributed by atoms with van der Waals surface area (Å²) in [4.78, 5) is 0. The van der Waals surface area contributed by atoms with Gasteiger partial charge in [0.15, 0.2) is 0 Å². The first-order chi connectivity index (χ1) is 6.69. The van der Waals surface area contributed by atoms with Crippen molar-refractivity contribution in [2.75, 3.05) is 0 Å². The van der Waals surface area contributed by atoms with E-state index in [2.05, 4.69) is 44.8 Å². The van der Waals surface area contributed by atoms with E-state index in [0.717, 1.165) is 6.42 Å². The van der Waals surface area contributed by atoms with Gasteiger partial charge in [-0.05, 0) is 29.2 Å². The molecule has 1 aromatic rings. The van der Waals surface area contributed by atoms with Crippen LogP contribution in [0.3, 0.4) is 0 Å². The van der Waals surface area contributed by atoms with Gasteiger partial charge < -0.3 is 0 Å². The van der Waals surface area contributed by atoms with E-state index in [-0.39, 0.29) is 8.80 Å². The highest BCUT2D eigenvalue weighted by Gasteiger charge is 2.07. The van der Waals surface area contributed by atoms with Crippen LogP contribution in [0.1, 0.15) is 23.6 Å². The Balaban J connectivity index is 3.12. The minimum atomic E-state index is -0.199. The first-order valence-electron chi connectivity index (χ1n) is 5.21. The number of benzene rings is 1. The van der Waals surface area contributed by atoms with Crippen LogP contribution in [0, 0.1) is 0 Å². The number of hydrogen-bond acceptors (Lipinski definition) is 0. The standard InChI is InChI=1S/C13H19Si/c1-5-11-8-7-9-12(6-2)13(11)10-14(3)4/h5,7-9H,1,6,10H2,2-4H3. The number of aryl methyl sites for hydroxylation is 1. The van der Waals surface area contributed by atoms with Crippen molar-refractivity contribution in [3.63, 3.8) is 0 Å². The predicted octanol–water partition coefficient (Wildman–Crippen LogP) is 3.73. The van der Waals surface area contributed by atoms with E-state index < -0.39 is 0 Å². The van der Waals surface area contributed by atoms with Crippen molar-refractivity contribution in [2.45, 2.75) is 32.5 Å². The lowest BCUT2D eigenvalue weighted by molar-refractivity contribution is 1.09. The zero-order chi connectivity index (χ0) is 10.6. The van der Waals surface area contributed by atoms with E-state index in [1.54, 1.807) is 0 Å². The Morgan fingerprint density at radius 1 is 1.36 bits per heavy atom. The highest BCUT2D eigenvalue weighted by molar-refractivity contribution is 6.55. The van der Waals surface area contributed by atoms with Crippen LogP contribution in [0.25, 0.3) is 6.08 Å². The highest BCUT2D eigenvalue weighted by Crippen LogP contribution is 2.18. The van der Waals surface area contributed by atoms with E-state index in [4.69, 9.17) is 0 Å². The Hall–Kier alpha value is -0.823. The summed E-state index contributed by atoms with van der Waals surface area (Å²) in [6.07, 6.45) is 3.12. The quantitative estimate of drug-likeness (QED) is 0.654. The molecule has 0 heterocycles. The second-order valence-corrected chi connectivity index (χ2v) is 6.69. The second-order valence-electron chi connectivity index (χ2n) is 3.93. The van der Waals surface area contributed by atoms with Gasteiger partial charge in [-0.2, -0.15) is 0 Å². The van der Waals surface area contributed by atoms with Gasteiger partial charge in [-0.3, -0.25) is 0 Å². The van der Waals surface area contributed by atoms with E-state index >= 15 is 0 Å². The van der Waals surface area contributed by atoms with Crippen molar-refractivity contribution in [3.05, 3.63) is 41.5 Å². The lowest BCUT2D eigenvalue weighted by Gasteiger charge is -2.12. The Kier molecular flexibility index (Phi) is 4.14. The molecule has 0 aromatic heterocycles. The van der Waals surface area contributed by atoms with Gasteiger partial charge in [-0.1, -0.05) is 50.9 Å². The zero-order valence-corrected chi connectivity index (χ0v) is 10.4. The fourth-order valence-corrected chi connectivity index (χ4v) is 2.88. The minimum Gasteiger partial charge on any atom is -0.0985 e. The summed E-state index contributed by atoms with van der Waals surface area (Å²) < 4.78 is 0. The lowest BCUT2D eigenvalue weighted by atomic mass is 10.0. The first-order valence-corrected chi connectivity index (χ1v) is 7.92. The largest absolute Gasteiger partial charge is 0.0985 e. The van der Waals surface area contributed by atoms with E-state index in [0.29, 0.717) is 0 Å². The van der Waals surface area contributed by atoms with Crippen LogP contribution in [-0.2, 0) is 12.5 Å². The predicted molar refractivity (Wildman–Crippen MR) is 67.1 cm³/mol. The van der Waals surface area contributed by atoms with Crippen molar-refractivity contribution in [1.29, 1.82) is 0 Å². The molecule has 1 rings (SSSR count). The van der Waals surface area contributed by atoms with E-state index in [1.807, 2.05) is 6.08 Å². The summed E-state index contributed by atoms with van der Waals surface area (Å²) in [5.41, 5.74) is 4.35. The maximum atomic E-state index is 3.89. The molecular weight excluding hydrogens is 184 g/mol. The van der Waals surface area contributed by atoms with Crippen LogP contribution in [0.4, 0.5) is 0 Å². The third-order valence-corrected chi connectivity index (χ3v) is 3.50. The van der Waals surface area contributed by atoms with Crippen molar-refractivity contribution in [1.82, 2.24) is 0 Å². The Labute approximate surface area is 89.3 Å². The van der Waals surface area contributed by atoms with Crippen LogP contribution < -0.4 is 0 Å². The Morgan fingerprint density at radius 3 is 2.57 bits per heavy atom. The van der Waals surface area contributed by atoms with E-state index in [9.17, 15) is 0 Å². The number of rotatable bonds is 4. The molecule has 0 aliphatic rings. The van der Waals surface area contributed by atoms with Crippen LogP contribution in [0.15, 0.2) is 24.8 Å². The smallest absolute Gasteiger partial charge is 0.0460 e. The fraction of sp³-hybridized carbons (Fsp3) is 0.385. The van der Waals surface area contributed by atoms with Gasteiger partial charge in [-0.15, -0.1) is 0 Å². The summed E-state index contributed by atoms with van der Waals surface area (Å²) in [5, 5.41) is 0. The Bertz CT molecular complexity index is 313. The highest BCUT2D eigenvalue weighted by atomic mass is 28.3. The monoisotopic (exact) mass is 203 g/mol. The molecule has 0 aliphatic carbocycles. The van der Waals surface area contributed by atoms with Crippen LogP contribution >= 0.6 is 0 Å². The maximum Gasteiger partial charge on any atom is 0.0460 e. The van der Waals surface area contributed by atoms with Crippen LogP contribution in [-0.4, -0.2) is 8.80 Å². The molecule has 0 bridgehead atoms. The molecule has 1 radical (unpaired) electrons. The van der Waals surface area contributed by atoms with Gasteiger partial charge >= 0.3 is 0 Å². The molecule has 14 heavy (non-hydrogen) atoms. The van der Waals surface area contributed by atoms with Crippen LogP contribution in [0.2, 0.25) is 13.1 Å². The zero-order valence-electron chi connectivity index (χ0n) is 9.43. The maximum absolute atomic E-state index is 3.89. The summed E-state index contributed by atoms with van der Waals surface area (Å²) in [6.45, 7) is 10.8. The molecule has 0 nitrogen and oxygen atoms in total. The molecule has 1 heteroatoms. The molecule has 0 unspecified atom stereocenters. The minimum absolute atomic E-state index is 0.199. The lowest BCUT2D eigenvalue weighted by Crippen LogP contribution is -2.09. The Morgan fingerprint density at radius 2 is 2.07 bits per heavy atom. The van der Waals surface area contributed by atoms with Crippen molar-refractivity contribution < 1.29 is 0 Å². The van der Waals surface area contributed by atoms with Gasteiger partial charge in [-0.25, -0.2) is 0 Å². The normalized spacial score (nSPS) is 10.6. The third-order valence-electron chi connectivity index (χ3n) is 2.44. The summed E-state index contributed by atoms with van der Waals surface area (Å²) in [6, 6.07) is 7.81. The molecule has 75 valence electrons. The third kappa shape index (κ3) is 2.58. The van der Waals surface area contributed by atoms with Gasteiger partial charge in [0.05, 0.1) is 0 Å². The molecule has 0 fully saturated rings. The number of hydrogen-bond donors (Lipinski definition) is 0. The summed E-state index contributed by atoms with van der Waals surface area (Å²) >= 11 is 0. The molecule has 0 saturated heterocycles. The van der Waals surface area contributed by atoms with Crippen molar-refractivity contribution in [3.8, 4) is 0 Å². The SMILES string of the molecule is C=Cc1cccc(CC)c1C[Si](C)C. The average Bonchev–Trinajstić information content (AvgIpc) is 2.17. The topological polar surface area (TPSA) is 0 Å². The molecule has 0 amide bonds.